The van der Waals surface area contributed by atoms with Crippen molar-refractivity contribution in [3.63, 3.8) is 0 Å². The lowest BCUT2D eigenvalue weighted by Gasteiger charge is -2.35. The molecule has 1 amide bonds. The summed E-state index contributed by atoms with van der Waals surface area (Å²) in [4.78, 5) is 16.9. The van der Waals surface area contributed by atoms with Gasteiger partial charge in [0.2, 0.25) is 0 Å². The van der Waals surface area contributed by atoms with E-state index in [9.17, 15) is 4.79 Å². The van der Waals surface area contributed by atoms with E-state index in [4.69, 9.17) is 32.4 Å². The van der Waals surface area contributed by atoms with Crippen molar-refractivity contribution in [2.75, 3.05) is 31.1 Å². The predicted molar refractivity (Wildman–Crippen MR) is 119 cm³/mol. The smallest absolute Gasteiger partial charge is 0.289 e. The van der Waals surface area contributed by atoms with Gasteiger partial charge in [0.15, 0.2) is 5.76 Å². The third-order valence-corrected chi connectivity index (χ3v) is 5.82. The lowest BCUT2D eigenvalue weighted by atomic mass is 10.2. The highest BCUT2D eigenvalue weighted by molar-refractivity contribution is 6.31. The van der Waals surface area contributed by atoms with E-state index in [2.05, 4.69) is 4.90 Å². The Labute approximate surface area is 185 Å². The van der Waals surface area contributed by atoms with E-state index in [-0.39, 0.29) is 12.5 Å². The van der Waals surface area contributed by atoms with Crippen LogP contribution in [0.15, 0.2) is 59.0 Å². The highest BCUT2D eigenvalue weighted by Gasteiger charge is 2.24. The summed E-state index contributed by atoms with van der Waals surface area (Å²) < 4.78 is 11.5. The number of carbonyl (C=O) groups is 1. The van der Waals surface area contributed by atoms with Crippen molar-refractivity contribution in [3.8, 4) is 5.75 Å². The summed E-state index contributed by atoms with van der Waals surface area (Å²) in [7, 11) is 0. The maximum Gasteiger partial charge on any atom is 0.289 e. The third-order valence-electron chi connectivity index (χ3n) is 5.14. The quantitative estimate of drug-likeness (QED) is 0.525. The molecule has 0 spiro atoms. The Hall–Kier alpha value is -2.63. The molecule has 4 rings (SSSR count). The number of rotatable bonds is 5. The van der Waals surface area contributed by atoms with Crippen LogP contribution in [-0.4, -0.2) is 37.0 Å². The zero-order valence-electron chi connectivity index (χ0n) is 16.6. The summed E-state index contributed by atoms with van der Waals surface area (Å²) >= 11 is 12.0. The second-order valence-corrected chi connectivity index (χ2v) is 8.06. The number of benzene rings is 2. The van der Waals surface area contributed by atoms with Crippen LogP contribution in [0.25, 0.3) is 0 Å². The molecule has 2 heterocycles. The SMILES string of the molecule is Cc1cc(OCc2ccc(C(=O)N3CCN(c4ccc(Cl)cc4)CC3)o2)ccc1Cl. The second kappa shape index (κ2) is 9.02. The Balaban J connectivity index is 1.31. The molecule has 1 fully saturated rings. The van der Waals surface area contributed by atoms with Crippen molar-refractivity contribution < 1.29 is 13.9 Å². The zero-order valence-corrected chi connectivity index (χ0v) is 18.1. The summed E-state index contributed by atoms with van der Waals surface area (Å²) in [6.07, 6.45) is 0. The minimum Gasteiger partial charge on any atom is -0.486 e. The van der Waals surface area contributed by atoms with Gasteiger partial charge >= 0.3 is 0 Å². The van der Waals surface area contributed by atoms with Crippen LogP contribution >= 0.6 is 23.2 Å². The fourth-order valence-electron chi connectivity index (χ4n) is 3.41. The van der Waals surface area contributed by atoms with E-state index < -0.39 is 0 Å². The molecule has 0 atom stereocenters. The standard InChI is InChI=1S/C23H22Cl2N2O3/c1-16-14-19(6-8-21(16)25)29-15-20-7-9-22(30-20)23(28)27-12-10-26(11-13-27)18-4-2-17(24)3-5-18/h2-9,14H,10-13,15H2,1H3. The number of hydrogen-bond acceptors (Lipinski definition) is 4. The number of furan rings is 1. The molecular weight excluding hydrogens is 423 g/mol. The zero-order chi connectivity index (χ0) is 21.1. The van der Waals surface area contributed by atoms with Crippen LogP contribution in [0, 0.1) is 6.92 Å². The summed E-state index contributed by atoms with van der Waals surface area (Å²) in [5.41, 5.74) is 2.06. The topological polar surface area (TPSA) is 45.9 Å². The van der Waals surface area contributed by atoms with Gasteiger partial charge in [-0.15, -0.1) is 0 Å². The Kier molecular flexibility index (Phi) is 6.21. The molecule has 1 aliphatic rings. The molecular formula is C23H22Cl2N2O3. The molecule has 0 unspecified atom stereocenters. The minimum absolute atomic E-state index is 0.0978. The van der Waals surface area contributed by atoms with Crippen LogP contribution in [-0.2, 0) is 6.61 Å². The number of halogens is 2. The van der Waals surface area contributed by atoms with E-state index in [1.165, 1.54) is 0 Å². The number of ether oxygens (including phenoxy) is 1. The van der Waals surface area contributed by atoms with Crippen LogP contribution in [0.3, 0.4) is 0 Å². The molecule has 7 heteroatoms. The first kappa shape index (κ1) is 20.6. The first-order valence-corrected chi connectivity index (χ1v) is 10.5. The monoisotopic (exact) mass is 444 g/mol. The van der Waals surface area contributed by atoms with Gasteiger partial charge in [-0.3, -0.25) is 4.79 Å². The first-order valence-electron chi connectivity index (χ1n) is 9.77. The van der Waals surface area contributed by atoms with E-state index in [0.717, 1.165) is 29.4 Å². The number of nitrogens with zero attached hydrogens (tertiary/aromatic N) is 2. The highest BCUT2D eigenvalue weighted by Crippen LogP contribution is 2.23. The molecule has 2 aromatic carbocycles. The van der Waals surface area contributed by atoms with Gasteiger partial charge in [0, 0.05) is 41.9 Å². The second-order valence-electron chi connectivity index (χ2n) is 7.22. The largest absolute Gasteiger partial charge is 0.486 e. The fraction of sp³-hybridized carbons (Fsp3) is 0.261. The number of piperazine rings is 1. The highest BCUT2D eigenvalue weighted by atomic mass is 35.5. The molecule has 1 aromatic heterocycles. The van der Waals surface area contributed by atoms with Gasteiger partial charge in [0.1, 0.15) is 18.1 Å². The van der Waals surface area contributed by atoms with Gasteiger partial charge < -0.3 is 19.0 Å². The van der Waals surface area contributed by atoms with Crippen LogP contribution in [0.2, 0.25) is 10.0 Å². The van der Waals surface area contributed by atoms with Crippen molar-refractivity contribution in [2.24, 2.45) is 0 Å². The van der Waals surface area contributed by atoms with E-state index >= 15 is 0 Å². The number of hydrogen-bond donors (Lipinski definition) is 0. The van der Waals surface area contributed by atoms with Crippen LogP contribution in [0.4, 0.5) is 5.69 Å². The van der Waals surface area contributed by atoms with Crippen molar-refractivity contribution in [1.29, 1.82) is 0 Å². The van der Waals surface area contributed by atoms with Gasteiger partial charge in [0.05, 0.1) is 0 Å². The molecule has 0 saturated carbocycles. The number of anilines is 1. The normalized spacial score (nSPS) is 14.1. The van der Waals surface area contributed by atoms with E-state index in [0.29, 0.717) is 35.4 Å². The van der Waals surface area contributed by atoms with Crippen molar-refractivity contribution in [3.05, 3.63) is 81.7 Å². The Bertz CT molecular complexity index is 1030. The Morgan fingerprint density at radius 3 is 2.43 bits per heavy atom. The average Bonchev–Trinajstić information content (AvgIpc) is 3.24. The number of carbonyl (C=O) groups excluding carboxylic acids is 1. The summed E-state index contributed by atoms with van der Waals surface area (Å²) in [5.74, 6) is 1.55. The molecule has 3 aromatic rings. The van der Waals surface area contributed by atoms with E-state index in [1.54, 1.807) is 18.2 Å². The van der Waals surface area contributed by atoms with Gasteiger partial charge in [-0.05, 0) is 67.1 Å². The summed E-state index contributed by atoms with van der Waals surface area (Å²) in [6.45, 7) is 4.97. The maximum absolute atomic E-state index is 12.8. The van der Waals surface area contributed by atoms with Gasteiger partial charge in [-0.2, -0.15) is 0 Å². The molecule has 30 heavy (non-hydrogen) atoms. The van der Waals surface area contributed by atoms with E-state index in [1.807, 2.05) is 48.2 Å². The third kappa shape index (κ3) is 4.74. The number of aryl methyl sites for hydroxylation is 1. The Morgan fingerprint density at radius 1 is 1.00 bits per heavy atom. The summed E-state index contributed by atoms with van der Waals surface area (Å²) in [6, 6.07) is 16.7. The van der Waals surface area contributed by atoms with Crippen LogP contribution in [0.5, 0.6) is 5.75 Å². The average molecular weight is 445 g/mol. The molecule has 1 saturated heterocycles. The number of amides is 1. The molecule has 5 nitrogen and oxygen atoms in total. The Morgan fingerprint density at radius 2 is 1.73 bits per heavy atom. The lowest BCUT2D eigenvalue weighted by molar-refractivity contribution is 0.0710. The molecule has 0 radical (unpaired) electrons. The minimum atomic E-state index is -0.0978. The summed E-state index contributed by atoms with van der Waals surface area (Å²) in [5, 5.41) is 1.42. The lowest BCUT2D eigenvalue weighted by Crippen LogP contribution is -2.48. The molecule has 0 N–H and O–H groups in total. The molecule has 1 aliphatic heterocycles. The molecule has 0 bridgehead atoms. The van der Waals surface area contributed by atoms with Gasteiger partial charge in [-0.25, -0.2) is 0 Å². The van der Waals surface area contributed by atoms with Gasteiger partial charge in [0.25, 0.3) is 5.91 Å². The van der Waals surface area contributed by atoms with Gasteiger partial charge in [-0.1, -0.05) is 23.2 Å². The first-order chi connectivity index (χ1) is 14.5. The van der Waals surface area contributed by atoms with Crippen molar-refractivity contribution in [1.82, 2.24) is 4.90 Å². The molecule has 0 aliphatic carbocycles. The van der Waals surface area contributed by atoms with Crippen molar-refractivity contribution in [2.45, 2.75) is 13.5 Å². The predicted octanol–water partition coefficient (Wildman–Crippen LogP) is 5.44. The molecule has 156 valence electrons. The van der Waals surface area contributed by atoms with Crippen molar-refractivity contribution >= 4 is 34.8 Å². The van der Waals surface area contributed by atoms with Crippen LogP contribution in [0.1, 0.15) is 21.9 Å². The maximum atomic E-state index is 12.8. The van der Waals surface area contributed by atoms with Crippen LogP contribution < -0.4 is 9.64 Å². The fourth-order valence-corrected chi connectivity index (χ4v) is 3.65.